The molecule has 0 saturated heterocycles. The monoisotopic (exact) mass is 300 g/mol. The van der Waals surface area contributed by atoms with Crippen molar-refractivity contribution >= 4 is 27.2 Å². The molecule has 0 fully saturated rings. The SMILES string of the molecule is CCN(C(C)C)S(=O)(=O)Cc1ccc(C(N)=S)cc1. The number of benzene rings is 1. The number of nitrogens with zero attached hydrogens (tertiary/aromatic N) is 1. The van der Waals surface area contributed by atoms with E-state index >= 15 is 0 Å². The molecule has 0 aliphatic carbocycles. The van der Waals surface area contributed by atoms with Crippen molar-refractivity contribution in [1.82, 2.24) is 4.31 Å². The Labute approximate surface area is 120 Å². The van der Waals surface area contributed by atoms with E-state index in [-0.39, 0.29) is 11.8 Å². The minimum Gasteiger partial charge on any atom is -0.389 e. The van der Waals surface area contributed by atoms with Crippen LogP contribution >= 0.6 is 12.2 Å². The summed E-state index contributed by atoms with van der Waals surface area (Å²) < 4.78 is 26.0. The summed E-state index contributed by atoms with van der Waals surface area (Å²) in [6, 6.07) is 6.96. The second-order valence-corrected chi connectivity index (χ2v) is 6.98. The number of hydrogen-bond donors (Lipinski definition) is 1. The van der Waals surface area contributed by atoms with Crippen molar-refractivity contribution in [3.63, 3.8) is 0 Å². The standard InChI is InChI=1S/C13H20N2O2S2/c1-4-15(10(2)3)19(16,17)9-11-5-7-12(8-6-11)13(14)18/h5-8,10H,4,9H2,1-3H3,(H2,14,18). The van der Waals surface area contributed by atoms with Gasteiger partial charge in [0.25, 0.3) is 0 Å². The first-order chi connectivity index (χ1) is 8.77. The second kappa shape index (κ2) is 6.45. The molecule has 0 radical (unpaired) electrons. The Kier molecular flexibility index (Phi) is 5.46. The molecule has 0 amide bonds. The molecule has 1 rings (SSSR count). The summed E-state index contributed by atoms with van der Waals surface area (Å²) in [5.41, 5.74) is 6.98. The average molecular weight is 300 g/mol. The smallest absolute Gasteiger partial charge is 0.218 e. The maximum absolute atomic E-state index is 12.3. The first kappa shape index (κ1) is 16.1. The van der Waals surface area contributed by atoms with Crippen LogP contribution in [-0.2, 0) is 15.8 Å². The number of nitrogens with two attached hydrogens (primary N) is 1. The van der Waals surface area contributed by atoms with Crippen LogP contribution in [0.25, 0.3) is 0 Å². The van der Waals surface area contributed by atoms with Gasteiger partial charge in [-0.2, -0.15) is 4.31 Å². The Hall–Kier alpha value is -0.980. The van der Waals surface area contributed by atoms with E-state index in [1.807, 2.05) is 20.8 Å². The third kappa shape index (κ3) is 4.26. The molecule has 1 aromatic rings. The second-order valence-electron chi connectivity index (χ2n) is 4.61. The van der Waals surface area contributed by atoms with Crippen molar-refractivity contribution in [2.24, 2.45) is 5.73 Å². The Bertz CT molecular complexity index is 536. The Morgan fingerprint density at radius 2 is 1.84 bits per heavy atom. The number of rotatable bonds is 6. The van der Waals surface area contributed by atoms with E-state index in [4.69, 9.17) is 18.0 Å². The molecular weight excluding hydrogens is 280 g/mol. The summed E-state index contributed by atoms with van der Waals surface area (Å²) in [7, 11) is -3.29. The van der Waals surface area contributed by atoms with Crippen molar-refractivity contribution in [2.45, 2.75) is 32.6 Å². The van der Waals surface area contributed by atoms with E-state index in [0.717, 1.165) is 11.1 Å². The molecule has 0 heterocycles. The normalized spacial score (nSPS) is 12.1. The minimum atomic E-state index is -3.29. The van der Waals surface area contributed by atoms with Crippen LogP contribution in [-0.4, -0.2) is 30.3 Å². The molecule has 4 nitrogen and oxygen atoms in total. The van der Waals surface area contributed by atoms with Crippen LogP contribution in [0.3, 0.4) is 0 Å². The van der Waals surface area contributed by atoms with E-state index in [2.05, 4.69) is 0 Å². The maximum atomic E-state index is 12.3. The van der Waals surface area contributed by atoms with E-state index < -0.39 is 10.0 Å². The molecule has 19 heavy (non-hydrogen) atoms. The van der Waals surface area contributed by atoms with Crippen LogP contribution in [0.4, 0.5) is 0 Å². The third-order valence-corrected chi connectivity index (χ3v) is 5.16. The number of sulfonamides is 1. The molecule has 0 aliphatic heterocycles. The summed E-state index contributed by atoms with van der Waals surface area (Å²) in [6.07, 6.45) is 0. The highest BCUT2D eigenvalue weighted by Crippen LogP contribution is 2.14. The highest BCUT2D eigenvalue weighted by Gasteiger charge is 2.23. The van der Waals surface area contributed by atoms with Crippen molar-refractivity contribution in [2.75, 3.05) is 6.54 Å². The lowest BCUT2D eigenvalue weighted by Crippen LogP contribution is -2.37. The van der Waals surface area contributed by atoms with E-state index in [9.17, 15) is 8.42 Å². The molecule has 1 aromatic carbocycles. The van der Waals surface area contributed by atoms with E-state index in [1.165, 1.54) is 4.31 Å². The Morgan fingerprint density at radius 1 is 1.32 bits per heavy atom. The van der Waals surface area contributed by atoms with Gasteiger partial charge in [-0.15, -0.1) is 0 Å². The van der Waals surface area contributed by atoms with Crippen LogP contribution in [0.15, 0.2) is 24.3 Å². The van der Waals surface area contributed by atoms with E-state index in [0.29, 0.717) is 11.5 Å². The van der Waals surface area contributed by atoms with Gasteiger partial charge >= 0.3 is 0 Å². The van der Waals surface area contributed by atoms with Crippen LogP contribution in [0.2, 0.25) is 0 Å². The van der Waals surface area contributed by atoms with Crippen molar-refractivity contribution in [1.29, 1.82) is 0 Å². The minimum absolute atomic E-state index is 0.00334. The Morgan fingerprint density at radius 3 is 2.21 bits per heavy atom. The number of thiocarbonyl (C=S) groups is 1. The quantitative estimate of drug-likeness (QED) is 0.815. The molecule has 0 spiro atoms. The lowest BCUT2D eigenvalue weighted by Gasteiger charge is -2.24. The summed E-state index contributed by atoms with van der Waals surface area (Å²) in [4.78, 5) is 0.312. The zero-order valence-corrected chi connectivity index (χ0v) is 13.1. The van der Waals surface area contributed by atoms with Gasteiger partial charge in [0.15, 0.2) is 0 Å². The van der Waals surface area contributed by atoms with Gasteiger partial charge < -0.3 is 5.73 Å². The van der Waals surface area contributed by atoms with Gasteiger partial charge in [0.2, 0.25) is 10.0 Å². The molecule has 0 saturated carbocycles. The van der Waals surface area contributed by atoms with Gasteiger partial charge in [0.05, 0.1) is 5.75 Å². The molecule has 0 bridgehead atoms. The molecule has 2 N–H and O–H groups in total. The fourth-order valence-corrected chi connectivity index (χ4v) is 3.89. The summed E-state index contributed by atoms with van der Waals surface area (Å²) >= 11 is 4.86. The largest absolute Gasteiger partial charge is 0.389 e. The number of hydrogen-bond acceptors (Lipinski definition) is 3. The maximum Gasteiger partial charge on any atom is 0.218 e. The third-order valence-electron chi connectivity index (χ3n) is 2.83. The summed E-state index contributed by atoms with van der Waals surface area (Å²) in [5, 5.41) is 0. The van der Waals surface area contributed by atoms with Gasteiger partial charge in [-0.1, -0.05) is 43.4 Å². The highest BCUT2D eigenvalue weighted by molar-refractivity contribution is 7.88. The van der Waals surface area contributed by atoms with Crippen LogP contribution < -0.4 is 5.73 Å². The summed E-state index contributed by atoms with van der Waals surface area (Å²) in [6.45, 7) is 6.06. The highest BCUT2D eigenvalue weighted by atomic mass is 32.2. The molecular formula is C13H20N2O2S2. The van der Waals surface area contributed by atoms with Crippen molar-refractivity contribution in [3.8, 4) is 0 Å². The topological polar surface area (TPSA) is 63.4 Å². The fourth-order valence-electron chi connectivity index (χ4n) is 1.94. The fraction of sp³-hybridized carbons (Fsp3) is 0.462. The first-order valence-corrected chi connectivity index (χ1v) is 8.18. The molecule has 0 unspecified atom stereocenters. The lowest BCUT2D eigenvalue weighted by atomic mass is 10.1. The van der Waals surface area contributed by atoms with Crippen LogP contribution in [0.5, 0.6) is 0 Å². The predicted molar refractivity (Wildman–Crippen MR) is 82.5 cm³/mol. The first-order valence-electron chi connectivity index (χ1n) is 6.16. The van der Waals surface area contributed by atoms with Gasteiger partial charge in [-0.05, 0) is 19.4 Å². The zero-order chi connectivity index (χ0) is 14.6. The predicted octanol–water partition coefficient (Wildman–Crippen LogP) is 1.88. The van der Waals surface area contributed by atoms with Crippen molar-refractivity contribution in [3.05, 3.63) is 35.4 Å². The molecule has 0 aromatic heterocycles. The molecule has 106 valence electrons. The Balaban J connectivity index is 2.92. The van der Waals surface area contributed by atoms with E-state index in [1.54, 1.807) is 24.3 Å². The van der Waals surface area contributed by atoms with Crippen LogP contribution in [0.1, 0.15) is 31.9 Å². The average Bonchev–Trinajstić information content (AvgIpc) is 2.28. The van der Waals surface area contributed by atoms with Crippen LogP contribution in [0, 0.1) is 0 Å². The van der Waals surface area contributed by atoms with Gasteiger partial charge in [0.1, 0.15) is 4.99 Å². The van der Waals surface area contributed by atoms with Crippen molar-refractivity contribution < 1.29 is 8.42 Å². The molecule has 6 heteroatoms. The molecule has 0 aliphatic rings. The van der Waals surface area contributed by atoms with Gasteiger partial charge in [-0.3, -0.25) is 0 Å². The molecule has 0 atom stereocenters. The lowest BCUT2D eigenvalue weighted by molar-refractivity contribution is 0.368. The zero-order valence-electron chi connectivity index (χ0n) is 11.5. The van der Waals surface area contributed by atoms with Gasteiger partial charge in [-0.25, -0.2) is 8.42 Å². The summed E-state index contributed by atoms with van der Waals surface area (Å²) in [5.74, 6) is -0.00334. The van der Waals surface area contributed by atoms with Gasteiger partial charge in [0, 0.05) is 18.2 Å².